The predicted molar refractivity (Wildman–Crippen MR) is 75.8 cm³/mol. The second kappa shape index (κ2) is 6.57. The molecule has 4 nitrogen and oxygen atoms in total. The van der Waals surface area contributed by atoms with Crippen molar-refractivity contribution in [3.05, 3.63) is 22.7 Å². The standard InChI is InChI=1S/C14H25N3O/c1-10(2)9-17-7-6-15-13(14(17)18)16-8-12(5)11(3)4/h6-7,10-12H,8-9H2,1-5H3,(H,15,16). The molecule has 18 heavy (non-hydrogen) atoms. The van der Waals surface area contributed by atoms with E-state index in [1.807, 2.05) is 0 Å². The van der Waals surface area contributed by atoms with Crippen molar-refractivity contribution in [2.75, 3.05) is 11.9 Å². The van der Waals surface area contributed by atoms with E-state index >= 15 is 0 Å². The monoisotopic (exact) mass is 251 g/mol. The van der Waals surface area contributed by atoms with Gasteiger partial charge in [-0.3, -0.25) is 4.79 Å². The van der Waals surface area contributed by atoms with Crippen LogP contribution in [0.25, 0.3) is 0 Å². The molecule has 0 aliphatic carbocycles. The van der Waals surface area contributed by atoms with Crippen LogP contribution in [0.2, 0.25) is 0 Å². The van der Waals surface area contributed by atoms with Gasteiger partial charge in [0.1, 0.15) is 0 Å². The van der Waals surface area contributed by atoms with E-state index in [0.717, 1.165) is 13.1 Å². The second-order valence-corrected chi connectivity index (χ2v) is 5.73. The minimum absolute atomic E-state index is 0.0258. The number of anilines is 1. The summed E-state index contributed by atoms with van der Waals surface area (Å²) >= 11 is 0. The van der Waals surface area contributed by atoms with Crippen molar-refractivity contribution >= 4 is 5.82 Å². The Kier molecular flexibility index (Phi) is 5.38. The fourth-order valence-electron chi connectivity index (χ4n) is 1.60. The lowest BCUT2D eigenvalue weighted by atomic mass is 9.98. The number of aromatic nitrogens is 2. The number of hydrogen-bond acceptors (Lipinski definition) is 3. The van der Waals surface area contributed by atoms with Crippen molar-refractivity contribution in [3.63, 3.8) is 0 Å². The highest BCUT2D eigenvalue weighted by atomic mass is 16.1. The molecular weight excluding hydrogens is 226 g/mol. The van der Waals surface area contributed by atoms with Crippen LogP contribution in [0.5, 0.6) is 0 Å². The Balaban J connectivity index is 2.75. The lowest BCUT2D eigenvalue weighted by molar-refractivity contribution is 0.438. The lowest BCUT2D eigenvalue weighted by Crippen LogP contribution is -2.28. The van der Waals surface area contributed by atoms with Gasteiger partial charge in [-0.2, -0.15) is 0 Å². The maximum atomic E-state index is 12.1. The second-order valence-electron chi connectivity index (χ2n) is 5.73. The van der Waals surface area contributed by atoms with Gasteiger partial charge in [-0.05, 0) is 17.8 Å². The molecule has 0 saturated carbocycles. The van der Waals surface area contributed by atoms with Crippen molar-refractivity contribution in [2.45, 2.75) is 41.2 Å². The number of rotatable bonds is 6. The quantitative estimate of drug-likeness (QED) is 0.845. The first kappa shape index (κ1) is 14.7. The summed E-state index contributed by atoms with van der Waals surface area (Å²) < 4.78 is 1.72. The molecule has 0 bridgehead atoms. The first-order valence-corrected chi connectivity index (χ1v) is 6.71. The molecule has 1 aromatic heterocycles. The van der Waals surface area contributed by atoms with Gasteiger partial charge in [-0.15, -0.1) is 0 Å². The molecule has 0 aliphatic heterocycles. The van der Waals surface area contributed by atoms with Crippen molar-refractivity contribution in [3.8, 4) is 0 Å². The van der Waals surface area contributed by atoms with Crippen LogP contribution in [0, 0.1) is 17.8 Å². The SMILES string of the molecule is CC(C)Cn1ccnc(NCC(C)C(C)C)c1=O. The van der Waals surface area contributed by atoms with Gasteiger partial charge in [-0.25, -0.2) is 4.98 Å². The highest BCUT2D eigenvalue weighted by Gasteiger charge is 2.10. The van der Waals surface area contributed by atoms with Crippen LogP contribution in [-0.4, -0.2) is 16.1 Å². The molecule has 1 heterocycles. The third-order valence-corrected chi connectivity index (χ3v) is 3.21. The summed E-state index contributed by atoms with van der Waals surface area (Å²) in [6, 6.07) is 0. The van der Waals surface area contributed by atoms with Gasteiger partial charge in [-0.1, -0.05) is 34.6 Å². The molecule has 4 heteroatoms. The topological polar surface area (TPSA) is 46.9 Å². The van der Waals surface area contributed by atoms with E-state index < -0.39 is 0 Å². The normalized spacial score (nSPS) is 13.1. The van der Waals surface area contributed by atoms with Crippen molar-refractivity contribution in [1.82, 2.24) is 9.55 Å². The van der Waals surface area contributed by atoms with E-state index in [9.17, 15) is 4.79 Å². The molecular formula is C14H25N3O. The maximum absolute atomic E-state index is 12.1. The smallest absolute Gasteiger partial charge is 0.293 e. The molecule has 0 radical (unpaired) electrons. The molecule has 1 N–H and O–H groups in total. The Morgan fingerprint density at radius 1 is 1.28 bits per heavy atom. The molecule has 0 aliphatic rings. The molecule has 1 atom stereocenters. The Labute approximate surface area is 109 Å². The Bertz CT molecular complexity index is 423. The van der Waals surface area contributed by atoms with Crippen LogP contribution in [0.4, 0.5) is 5.82 Å². The summed E-state index contributed by atoms with van der Waals surface area (Å²) in [6.45, 7) is 12.2. The van der Waals surface area contributed by atoms with E-state index in [2.05, 4.69) is 44.9 Å². The van der Waals surface area contributed by atoms with E-state index in [-0.39, 0.29) is 5.56 Å². The summed E-state index contributed by atoms with van der Waals surface area (Å²) in [4.78, 5) is 16.3. The van der Waals surface area contributed by atoms with Crippen LogP contribution >= 0.6 is 0 Å². The third kappa shape index (κ3) is 4.17. The zero-order valence-corrected chi connectivity index (χ0v) is 12.1. The largest absolute Gasteiger partial charge is 0.365 e. The van der Waals surface area contributed by atoms with E-state index in [4.69, 9.17) is 0 Å². The molecule has 1 unspecified atom stereocenters. The first-order valence-electron chi connectivity index (χ1n) is 6.71. The minimum atomic E-state index is -0.0258. The van der Waals surface area contributed by atoms with Gasteiger partial charge in [0.25, 0.3) is 5.56 Å². The Hall–Kier alpha value is -1.32. The van der Waals surface area contributed by atoms with Crippen molar-refractivity contribution in [2.24, 2.45) is 17.8 Å². The van der Waals surface area contributed by atoms with Crippen LogP contribution < -0.4 is 10.9 Å². The number of nitrogens with one attached hydrogen (secondary N) is 1. The first-order chi connectivity index (χ1) is 8.41. The highest BCUT2D eigenvalue weighted by molar-refractivity contribution is 5.30. The zero-order valence-electron chi connectivity index (χ0n) is 12.1. The zero-order chi connectivity index (χ0) is 13.7. The summed E-state index contributed by atoms with van der Waals surface area (Å²) in [5.41, 5.74) is -0.0258. The summed E-state index contributed by atoms with van der Waals surface area (Å²) in [6.07, 6.45) is 3.44. The van der Waals surface area contributed by atoms with Gasteiger partial charge < -0.3 is 9.88 Å². The lowest BCUT2D eigenvalue weighted by Gasteiger charge is -2.16. The summed E-state index contributed by atoms with van der Waals surface area (Å²) in [5.74, 6) is 2.03. The van der Waals surface area contributed by atoms with Crippen LogP contribution in [0.1, 0.15) is 34.6 Å². The van der Waals surface area contributed by atoms with Crippen LogP contribution in [0.3, 0.4) is 0 Å². The average Bonchev–Trinajstić information content (AvgIpc) is 2.29. The predicted octanol–water partition coefficient (Wildman–Crippen LogP) is 2.60. The molecule has 0 saturated heterocycles. The molecule has 102 valence electrons. The van der Waals surface area contributed by atoms with Gasteiger partial charge in [0.15, 0.2) is 5.82 Å². The Morgan fingerprint density at radius 3 is 2.50 bits per heavy atom. The van der Waals surface area contributed by atoms with Crippen molar-refractivity contribution in [1.29, 1.82) is 0 Å². The van der Waals surface area contributed by atoms with E-state index in [1.54, 1.807) is 17.0 Å². The Morgan fingerprint density at radius 2 is 1.94 bits per heavy atom. The highest BCUT2D eigenvalue weighted by Crippen LogP contribution is 2.09. The molecule has 1 rings (SSSR count). The molecule has 0 aromatic carbocycles. The average molecular weight is 251 g/mol. The molecule has 0 spiro atoms. The molecule has 1 aromatic rings. The van der Waals surface area contributed by atoms with Gasteiger partial charge >= 0.3 is 0 Å². The minimum Gasteiger partial charge on any atom is -0.365 e. The van der Waals surface area contributed by atoms with Gasteiger partial charge in [0, 0.05) is 25.5 Å². The van der Waals surface area contributed by atoms with Crippen molar-refractivity contribution < 1.29 is 0 Å². The van der Waals surface area contributed by atoms with E-state index in [0.29, 0.717) is 23.6 Å². The fourth-order valence-corrected chi connectivity index (χ4v) is 1.60. The maximum Gasteiger partial charge on any atom is 0.293 e. The fraction of sp³-hybridized carbons (Fsp3) is 0.714. The molecule has 0 fully saturated rings. The van der Waals surface area contributed by atoms with Gasteiger partial charge in [0.2, 0.25) is 0 Å². The van der Waals surface area contributed by atoms with E-state index in [1.165, 1.54) is 0 Å². The van der Waals surface area contributed by atoms with Crippen LogP contribution in [-0.2, 0) is 6.54 Å². The summed E-state index contributed by atoms with van der Waals surface area (Å²) in [5, 5.41) is 3.16. The third-order valence-electron chi connectivity index (χ3n) is 3.21. The summed E-state index contributed by atoms with van der Waals surface area (Å²) in [7, 11) is 0. The van der Waals surface area contributed by atoms with Crippen LogP contribution in [0.15, 0.2) is 17.2 Å². The molecule has 0 amide bonds. The number of nitrogens with zero attached hydrogens (tertiary/aromatic N) is 2. The van der Waals surface area contributed by atoms with Gasteiger partial charge in [0.05, 0.1) is 0 Å². The number of hydrogen-bond donors (Lipinski definition) is 1.